The number of allylic oxidation sites excluding steroid dienone is 1. The molecule has 0 fully saturated rings. The second-order valence-electron chi connectivity index (χ2n) is 6.77. The molecule has 0 amide bonds. The van der Waals surface area contributed by atoms with Gasteiger partial charge in [0.1, 0.15) is 17.3 Å². The van der Waals surface area contributed by atoms with Crippen LogP contribution >= 0.6 is 0 Å². The van der Waals surface area contributed by atoms with E-state index in [9.17, 15) is 4.39 Å². The zero-order chi connectivity index (χ0) is 17.9. The van der Waals surface area contributed by atoms with Crippen LogP contribution in [-0.2, 0) is 13.0 Å². The molecule has 132 valence electrons. The highest BCUT2D eigenvalue weighted by atomic mass is 19.1. The van der Waals surface area contributed by atoms with Gasteiger partial charge in [-0.2, -0.15) is 0 Å². The number of benzene rings is 1. The van der Waals surface area contributed by atoms with Crippen molar-refractivity contribution in [3.8, 4) is 0 Å². The van der Waals surface area contributed by atoms with Crippen LogP contribution in [0.25, 0.3) is 11.0 Å². The fourth-order valence-electron chi connectivity index (χ4n) is 3.20. The molecular weight excluding hydrogens is 327 g/mol. The van der Waals surface area contributed by atoms with Crippen molar-refractivity contribution in [2.45, 2.75) is 26.3 Å². The normalized spacial score (nSPS) is 16.7. The van der Waals surface area contributed by atoms with Gasteiger partial charge in [-0.25, -0.2) is 14.4 Å². The number of H-pyrrole nitrogens is 1. The van der Waals surface area contributed by atoms with Gasteiger partial charge in [0, 0.05) is 30.3 Å². The van der Waals surface area contributed by atoms with E-state index in [1.165, 1.54) is 17.3 Å². The monoisotopic (exact) mass is 348 g/mol. The number of aliphatic imine (C=N–C) groups is 1. The SMILES string of the molecule is Cc1ccc(CNC2=CCC(Cc3c[nH]c4ncc(F)cc34)C=N2)cc1. The number of hydrogen-bond donors (Lipinski definition) is 2. The number of nitrogens with one attached hydrogen (secondary N) is 2. The third kappa shape index (κ3) is 3.67. The molecule has 0 saturated heterocycles. The van der Waals surface area contributed by atoms with E-state index in [2.05, 4.69) is 57.5 Å². The number of hydrogen-bond acceptors (Lipinski definition) is 3. The molecule has 2 N–H and O–H groups in total. The first kappa shape index (κ1) is 16.5. The van der Waals surface area contributed by atoms with Gasteiger partial charge < -0.3 is 10.3 Å². The summed E-state index contributed by atoms with van der Waals surface area (Å²) < 4.78 is 13.5. The number of fused-ring (bicyclic) bond motifs is 1. The Bertz CT molecular complexity index is 969. The molecule has 4 rings (SSSR count). The zero-order valence-corrected chi connectivity index (χ0v) is 14.7. The van der Waals surface area contributed by atoms with Crippen molar-refractivity contribution < 1.29 is 4.39 Å². The molecule has 0 radical (unpaired) electrons. The third-order valence-corrected chi connectivity index (χ3v) is 4.70. The number of nitrogens with zero attached hydrogens (tertiary/aromatic N) is 2. The van der Waals surface area contributed by atoms with Crippen LogP contribution in [0.5, 0.6) is 0 Å². The molecule has 1 aliphatic rings. The van der Waals surface area contributed by atoms with Crippen molar-refractivity contribution in [3.63, 3.8) is 0 Å². The Morgan fingerprint density at radius 1 is 1.27 bits per heavy atom. The highest BCUT2D eigenvalue weighted by molar-refractivity contribution is 5.80. The fourth-order valence-corrected chi connectivity index (χ4v) is 3.20. The Morgan fingerprint density at radius 3 is 2.88 bits per heavy atom. The first-order chi connectivity index (χ1) is 12.7. The van der Waals surface area contributed by atoms with E-state index in [0.717, 1.165) is 41.8 Å². The van der Waals surface area contributed by atoms with E-state index in [1.807, 2.05) is 12.4 Å². The summed E-state index contributed by atoms with van der Waals surface area (Å²) >= 11 is 0. The lowest BCUT2D eigenvalue weighted by molar-refractivity contribution is 0.624. The van der Waals surface area contributed by atoms with E-state index in [4.69, 9.17) is 0 Å². The molecule has 0 spiro atoms. The van der Waals surface area contributed by atoms with Crippen LogP contribution in [0.1, 0.15) is 23.1 Å². The Labute approximate surface area is 151 Å². The standard InChI is InChI=1S/C21H21FN4/c1-14-2-4-15(5-3-14)10-23-20-7-6-16(11-24-20)8-17-12-25-21-19(17)9-18(22)13-26-21/h2-5,7,9,11-13,16,23H,6,8,10H2,1H3,(H,25,26). The largest absolute Gasteiger partial charge is 0.366 e. The molecular formula is C21H21FN4. The van der Waals surface area contributed by atoms with Crippen molar-refractivity contribution in [1.29, 1.82) is 0 Å². The summed E-state index contributed by atoms with van der Waals surface area (Å²) in [6.45, 7) is 2.85. The average Bonchev–Trinajstić information content (AvgIpc) is 3.04. The highest BCUT2D eigenvalue weighted by Gasteiger charge is 2.14. The van der Waals surface area contributed by atoms with Crippen LogP contribution in [0.15, 0.2) is 59.6 Å². The van der Waals surface area contributed by atoms with Gasteiger partial charge in [0.05, 0.1) is 6.20 Å². The molecule has 1 aromatic carbocycles. The Kier molecular flexibility index (Phi) is 4.52. The fraction of sp³-hybridized carbons (Fsp3) is 0.238. The summed E-state index contributed by atoms with van der Waals surface area (Å²) in [6, 6.07) is 10.0. The lowest BCUT2D eigenvalue weighted by Crippen LogP contribution is -2.17. The van der Waals surface area contributed by atoms with Gasteiger partial charge in [-0.1, -0.05) is 29.8 Å². The summed E-state index contributed by atoms with van der Waals surface area (Å²) in [5.41, 5.74) is 4.30. The van der Waals surface area contributed by atoms with Gasteiger partial charge in [-0.05, 0) is 43.0 Å². The summed E-state index contributed by atoms with van der Waals surface area (Å²) in [4.78, 5) is 11.7. The lowest BCUT2D eigenvalue weighted by Gasteiger charge is -2.16. The molecule has 1 unspecified atom stereocenters. The predicted molar refractivity (Wildman–Crippen MR) is 102 cm³/mol. The van der Waals surface area contributed by atoms with Crippen LogP contribution in [0.2, 0.25) is 0 Å². The number of aromatic nitrogens is 2. The lowest BCUT2D eigenvalue weighted by atomic mass is 9.96. The molecule has 0 bridgehead atoms. The Morgan fingerprint density at radius 2 is 2.12 bits per heavy atom. The molecule has 3 aromatic rings. The third-order valence-electron chi connectivity index (χ3n) is 4.70. The molecule has 1 aliphatic heterocycles. The van der Waals surface area contributed by atoms with Crippen LogP contribution < -0.4 is 5.32 Å². The maximum absolute atomic E-state index is 13.5. The molecule has 2 aromatic heterocycles. The second kappa shape index (κ2) is 7.12. The van der Waals surface area contributed by atoms with E-state index in [0.29, 0.717) is 5.92 Å². The van der Waals surface area contributed by atoms with Gasteiger partial charge >= 0.3 is 0 Å². The van der Waals surface area contributed by atoms with Gasteiger partial charge in [-0.3, -0.25) is 0 Å². The summed E-state index contributed by atoms with van der Waals surface area (Å²) in [5, 5.41) is 4.22. The van der Waals surface area contributed by atoms with E-state index >= 15 is 0 Å². The molecule has 3 heterocycles. The molecule has 0 saturated carbocycles. The molecule has 1 atom stereocenters. The van der Waals surface area contributed by atoms with Crippen LogP contribution in [-0.4, -0.2) is 16.2 Å². The number of rotatable bonds is 5. The van der Waals surface area contributed by atoms with Crippen LogP contribution in [0.4, 0.5) is 4.39 Å². The Hall–Kier alpha value is -2.95. The number of pyridine rings is 1. The van der Waals surface area contributed by atoms with Crippen molar-refractivity contribution in [3.05, 3.63) is 77.1 Å². The number of aromatic amines is 1. The first-order valence-electron chi connectivity index (χ1n) is 8.82. The van der Waals surface area contributed by atoms with E-state index in [-0.39, 0.29) is 5.82 Å². The molecule has 5 heteroatoms. The molecule has 4 nitrogen and oxygen atoms in total. The van der Waals surface area contributed by atoms with Crippen LogP contribution in [0.3, 0.4) is 0 Å². The summed E-state index contributed by atoms with van der Waals surface area (Å²) in [7, 11) is 0. The minimum Gasteiger partial charge on any atom is -0.366 e. The van der Waals surface area contributed by atoms with Gasteiger partial charge in [0.25, 0.3) is 0 Å². The van der Waals surface area contributed by atoms with Gasteiger partial charge in [-0.15, -0.1) is 0 Å². The quantitative estimate of drug-likeness (QED) is 0.723. The van der Waals surface area contributed by atoms with Gasteiger partial charge in [0.2, 0.25) is 0 Å². The average molecular weight is 348 g/mol. The van der Waals surface area contributed by atoms with Crippen molar-refractivity contribution in [2.24, 2.45) is 10.9 Å². The van der Waals surface area contributed by atoms with E-state index < -0.39 is 0 Å². The minimum atomic E-state index is -0.307. The first-order valence-corrected chi connectivity index (χ1v) is 8.82. The van der Waals surface area contributed by atoms with Crippen molar-refractivity contribution in [1.82, 2.24) is 15.3 Å². The predicted octanol–water partition coefficient (Wildman–Crippen LogP) is 4.27. The van der Waals surface area contributed by atoms with Crippen LogP contribution in [0, 0.1) is 18.7 Å². The minimum absolute atomic E-state index is 0.307. The van der Waals surface area contributed by atoms with Gasteiger partial charge in [0.15, 0.2) is 0 Å². The topological polar surface area (TPSA) is 53.1 Å². The second-order valence-corrected chi connectivity index (χ2v) is 6.77. The van der Waals surface area contributed by atoms with Crippen molar-refractivity contribution in [2.75, 3.05) is 0 Å². The van der Waals surface area contributed by atoms with Crippen molar-refractivity contribution >= 4 is 17.2 Å². The van der Waals surface area contributed by atoms with E-state index in [1.54, 1.807) is 6.07 Å². The highest BCUT2D eigenvalue weighted by Crippen LogP contribution is 2.23. The number of halogens is 1. The zero-order valence-electron chi connectivity index (χ0n) is 14.7. The molecule has 0 aliphatic carbocycles. The maximum atomic E-state index is 13.5. The Balaban J connectivity index is 1.36. The summed E-state index contributed by atoms with van der Waals surface area (Å²) in [5.74, 6) is 0.911. The smallest absolute Gasteiger partial charge is 0.142 e. The molecule has 26 heavy (non-hydrogen) atoms. The summed E-state index contributed by atoms with van der Waals surface area (Å²) in [6.07, 6.45) is 9.00. The number of aryl methyl sites for hydroxylation is 1. The maximum Gasteiger partial charge on any atom is 0.142 e.